The molecule has 4 aromatic rings. The summed E-state index contributed by atoms with van der Waals surface area (Å²) in [6, 6.07) is 22.7. The molecule has 0 bridgehead atoms. The Kier molecular flexibility index (Phi) is 6.26. The van der Waals surface area contributed by atoms with Gasteiger partial charge in [0.15, 0.2) is 0 Å². The van der Waals surface area contributed by atoms with Crippen molar-refractivity contribution in [3.63, 3.8) is 0 Å². The van der Waals surface area contributed by atoms with E-state index in [1.807, 2.05) is 6.07 Å². The molecular formula is C25H23N3O5. The van der Waals surface area contributed by atoms with Crippen LogP contribution in [-0.4, -0.2) is 28.1 Å². The van der Waals surface area contributed by atoms with Gasteiger partial charge in [-0.15, -0.1) is 0 Å². The first-order chi connectivity index (χ1) is 16.0. The molecule has 4 rings (SSSR count). The maximum Gasteiger partial charge on any atom is 0.329 e. The summed E-state index contributed by atoms with van der Waals surface area (Å²) in [5.74, 6) is -0.646. The lowest BCUT2D eigenvalue weighted by Gasteiger charge is -2.18. The number of aromatic nitrogens is 2. The number of carbonyl (C=O) groups is 2. The molecule has 8 nitrogen and oxygen atoms in total. The molecule has 0 spiro atoms. The number of benzene rings is 3. The Balaban J connectivity index is 1.58. The minimum absolute atomic E-state index is 0.323. The van der Waals surface area contributed by atoms with E-state index in [1.165, 1.54) is 16.2 Å². The lowest BCUT2D eigenvalue weighted by molar-refractivity contribution is -0.155. The Bertz CT molecular complexity index is 1360. The number of para-hydroxylation sites is 2. The van der Waals surface area contributed by atoms with Crippen molar-refractivity contribution in [2.75, 3.05) is 12.4 Å². The van der Waals surface area contributed by atoms with Crippen LogP contribution in [0.15, 0.2) is 83.7 Å². The first kappa shape index (κ1) is 21.9. The fourth-order valence-electron chi connectivity index (χ4n) is 3.62. The van der Waals surface area contributed by atoms with Crippen LogP contribution in [0.3, 0.4) is 0 Å². The van der Waals surface area contributed by atoms with E-state index in [0.717, 1.165) is 0 Å². The zero-order valence-corrected chi connectivity index (χ0v) is 18.2. The minimum atomic E-state index is -1.20. The second kappa shape index (κ2) is 9.44. The zero-order chi connectivity index (χ0) is 23.4. The number of esters is 1. The number of nitrogens with one attached hydrogen (secondary N) is 1. The number of carbonyl (C=O) groups excluding carboxylic acids is 2. The molecule has 0 aliphatic carbocycles. The number of anilines is 1. The Morgan fingerprint density at radius 3 is 2.36 bits per heavy atom. The number of imidazole rings is 1. The number of fused-ring (bicyclic) bond motifs is 1. The van der Waals surface area contributed by atoms with Gasteiger partial charge in [0.1, 0.15) is 12.3 Å². The summed E-state index contributed by atoms with van der Waals surface area (Å²) < 4.78 is 13.6. The first-order valence-electron chi connectivity index (χ1n) is 10.3. The number of amides is 1. The number of rotatable bonds is 7. The molecule has 1 N–H and O–H groups in total. The van der Waals surface area contributed by atoms with E-state index in [-0.39, 0.29) is 12.2 Å². The highest BCUT2D eigenvalue weighted by Crippen LogP contribution is 2.23. The third kappa shape index (κ3) is 4.64. The summed E-state index contributed by atoms with van der Waals surface area (Å²) in [5.41, 5.74) is 1.98. The molecule has 0 aliphatic heterocycles. The van der Waals surface area contributed by atoms with Gasteiger partial charge in [-0.05, 0) is 24.3 Å². The number of methoxy groups -OCH3 is 1. The summed E-state index contributed by atoms with van der Waals surface area (Å²) in [5, 5.41) is 2.76. The topological polar surface area (TPSA) is 91.6 Å². The van der Waals surface area contributed by atoms with Gasteiger partial charge >= 0.3 is 11.7 Å². The van der Waals surface area contributed by atoms with E-state index in [2.05, 4.69) is 5.32 Å². The van der Waals surface area contributed by atoms with E-state index in [4.69, 9.17) is 9.47 Å². The summed E-state index contributed by atoms with van der Waals surface area (Å²) in [4.78, 5) is 38.6. The van der Waals surface area contributed by atoms with E-state index >= 15 is 0 Å². The molecule has 1 aromatic heterocycles. The van der Waals surface area contributed by atoms with Crippen LogP contribution in [-0.2, 0) is 27.9 Å². The molecule has 0 radical (unpaired) electrons. The van der Waals surface area contributed by atoms with Gasteiger partial charge in [0.05, 0.1) is 18.1 Å². The molecule has 1 atom stereocenters. The monoisotopic (exact) mass is 445 g/mol. The minimum Gasteiger partial charge on any atom is -0.497 e. The van der Waals surface area contributed by atoms with Crippen molar-refractivity contribution in [3.8, 4) is 5.75 Å². The normalized spacial score (nSPS) is 11.7. The number of nitrogens with zero attached hydrogens (tertiary/aromatic N) is 2. The van der Waals surface area contributed by atoms with Crippen molar-refractivity contribution in [2.45, 2.75) is 12.6 Å². The van der Waals surface area contributed by atoms with Gasteiger partial charge in [-0.25, -0.2) is 4.79 Å². The molecule has 168 valence electrons. The van der Waals surface area contributed by atoms with Gasteiger partial charge in [0, 0.05) is 24.4 Å². The zero-order valence-electron chi connectivity index (χ0n) is 18.2. The van der Waals surface area contributed by atoms with Crippen LogP contribution < -0.4 is 15.7 Å². The summed E-state index contributed by atoms with van der Waals surface area (Å²) in [6.45, 7) is -0.323. The molecule has 33 heavy (non-hydrogen) atoms. The molecule has 0 aliphatic rings. The van der Waals surface area contributed by atoms with Gasteiger partial charge in [0.25, 0.3) is 5.91 Å². The Morgan fingerprint density at radius 2 is 1.64 bits per heavy atom. The van der Waals surface area contributed by atoms with Crippen molar-refractivity contribution < 1.29 is 19.1 Å². The van der Waals surface area contributed by atoms with Crippen molar-refractivity contribution in [3.05, 3.63) is 94.9 Å². The fraction of sp³-hybridized carbons (Fsp3) is 0.160. The third-order valence-corrected chi connectivity index (χ3v) is 5.27. The van der Waals surface area contributed by atoms with Crippen molar-refractivity contribution in [1.82, 2.24) is 9.13 Å². The van der Waals surface area contributed by atoms with Crippen molar-refractivity contribution in [1.29, 1.82) is 0 Å². The maximum absolute atomic E-state index is 13.1. The molecule has 1 unspecified atom stereocenters. The van der Waals surface area contributed by atoms with E-state index in [9.17, 15) is 14.4 Å². The highest BCUT2D eigenvalue weighted by Gasteiger charge is 2.26. The number of hydrogen-bond acceptors (Lipinski definition) is 5. The van der Waals surface area contributed by atoms with E-state index in [1.54, 1.807) is 79.8 Å². The van der Waals surface area contributed by atoms with Crippen molar-refractivity contribution in [2.24, 2.45) is 7.05 Å². The molecule has 0 saturated heterocycles. The molecule has 1 heterocycles. The van der Waals surface area contributed by atoms with Gasteiger partial charge in [0.2, 0.25) is 6.10 Å². The largest absolute Gasteiger partial charge is 0.497 e. The summed E-state index contributed by atoms with van der Waals surface area (Å²) >= 11 is 0. The smallest absolute Gasteiger partial charge is 0.329 e. The average molecular weight is 445 g/mol. The van der Waals surface area contributed by atoms with Crippen LogP contribution in [0.5, 0.6) is 5.75 Å². The number of aryl methyl sites for hydroxylation is 1. The molecule has 3 aromatic carbocycles. The van der Waals surface area contributed by atoms with Gasteiger partial charge < -0.3 is 14.8 Å². The standard InChI is InChI=1S/C25H23N3O5/c1-27-20-13-6-7-14-21(20)28(25(27)31)16-22(29)33-23(17-9-4-3-5-10-17)24(30)26-18-11-8-12-19(15-18)32-2/h3-15,23H,16H2,1-2H3,(H,26,30). The summed E-state index contributed by atoms with van der Waals surface area (Å²) in [6.07, 6.45) is -1.20. The van der Waals surface area contributed by atoms with Gasteiger partial charge in [-0.3, -0.25) is 18.7 Å². The Hall–Kier alpha value is -4.33. The second-order valence-corrected chi connectivity index (χ2v) is 7.42. The van der Waals surface area contributed by atoms with Crippen LogP contribution in [0.4, 0.5) is 5.69 Å². The van der Waals surface area contributed by atoms with Crippen molar-refractivity contribution >= 4 is 28.6 Å². The molecule has 8 heteroatoms. The average Bonchev–Trinajstić information content (AvgIpc) is 3.08. The number of hydrogen-bond donors (Lipinski definition) is 1. The molecular weight excluding hydrogens is 422 g/mol. The van der Waals surface area contributed by atoms with Gasteiger partial charge in [-0.2, -0.15) is 0 Å². The highest BCUT2D eigenvalue weighted by atomic mass is 16.5. The van der Waals surface area contributed by atoms with E-state index < -0.39 is 18.0 Å². The third-order valence-electron chi connectivity index (χ3n) is 5.27. The Morgan fingerprint density at radius 1 is 0.939 bits per heavy atom. The number of ether oxygens (including phenoxy) is 2. The SMILES string of the molecule is COc1cccc(NC(=O)C(OC(=O)Cn2c(=O)n(C)c3ccccc32)c2ccccc2)c1. The lowest BCUT2D eigenvalue weighted by Crippen LogP contribution is -2.30. The fourth-order valence-corrected chi connectivity index (χ4v) is 3.62. The predicted octanol–water partition coefficient (Wildman–Crippen LogP) is 3.27. The molecule has 0 fully saturated rings. The van der Waals surface area contributed by atoms with Gasteiger partial charge in [-0.1, -0.05) is 48.5 Å². The lowest BCUT2D eigenvalue weighted by atomic mass is 10.1. The first-order valence-corrected chi connectivity index (χ1v) is 10.3. The molecule has 1 amide bonds. The summed E-state index contributed by atoms with van der Waals surface area (Å²) in [7, 11) is 3.17. The van der Waals surface area contributed by atoms with Crippen LogP contribution in [0.1, 0.15) is 11.7 Å². The van der Waals surface area contributed by atoms with Crippen LogP contribution >= 0.6 is 0 Å². The van der Waals surface area contributed by atoms with E-state index in [0.29, 0.717) is 28.0 Å². The highest BCUT2D eigenvalue weighted by molar-refractivity contribution is 5.96. The second-order valence-electron chi connectivity index (χ2n) is 7.42. The molecule has 0 saturated carbocycles. The van der Waals surface area contributed by atoms with Crippen LogP contribution in [0.2, 0.25) is 0 Å². The maximum atomic E-state index is 13.1. The van der Waals surface area contributed by atoms with Crippen LogP contribution in [0.25, 0.3) is 11.0 Å². The predicted molar refractivity (Wildman–Crippen MR) is 124 cm³/mol. The van der Waals surface area contributed by atoms with Crippen LogP contribution in [0, 0.1) is 0 Å². The Labute approximate surface area is 190 Å². The quantitative estimate of drug-likeness (QED) is 0.441.